The van der Waals surface area contributed by atoms with Crippen LogP contribution in [-0.2, 0) is 11.5 Å². The van der Waals surface area contributed by atoms with Gasteiger partial charge in [-0.2, -0.15) is 0 Å². The maximum absolute atomic E-state index is 13.3. The molecule has 0 saturated carbocycles. The lowest BCUT2D eigenvalue weighted by Crippen LogP contribution is -2.27. The molecule has 4 rings (SSSR count). The molecule has 0 aromatic carbocycles. The average molecular weight is 459 g/mol. The summed E-state index contributed by atoms with van der Waals surface area (Å²) in [6, 6.07) is 6.72. The molecule has 0 bridgehead atoms. The van der Waals surface area contributed by atoms with Crippen LogP contribution in [0.15, 0.2) is 34.6 Å². The Balaban J connectivity index is 1.84. The number of ether oxygens (including phenoxy) is 1. The summed E-state index contributed by atoms with van der Waals surface area (Å²) in [6.45, 7) is 9.44. The van der Waals surface area contributed by atoms with E-state index in [0.717, 1.165) is 21.7 Å². The maximum Gasteiger partial charge on any atom is 0.282 e. The molecule has 0 aliphatic carbocycles. The highest BCUT2D eigenvalue weighted by Gasteiger charge is 2.18. The molecule has 156 valence electrons. The molecule has 30 heavy (non-hydrogen) atoms. The number of nitrogens with zero attached hydrogens (tertiary/aromatic N) is 4. The van der Waals surface area contributed by atoms with Crippen molar-refractivity contribution in [2.75, 3.05) is 6.61 Å². The van der Waals surface area contributed by atoms with E-state index in [1.807, 2.05) is 30.6 Å². The lowest BCUT2D eigenvalue weighted by molar-refractivity contribution is 0.0856. The quantitative estimate of drug-likeness (QED) is 0.221. The van der Waals surface area contributed by atoms with Gasteiger partial charge in [-0.3, -0.25) is 14.3 Å². The summed E-state index contributed by atoms with van der Waals surface area (Å²) in [5.41, 5.74) is 1.93. The molecular formula is C21H23ClN4O2SSi. The summed E-state index contributed by atoms with van der Waals surface area (Å²) in [4.78, 5) is 26.9. The van der Waals surface area contributed by atoms with Crippen molar-refractivity contribution >= 4 is 52.1 Å². The number of thiophene rings is 1. The van der Waals surface area contributed by atoms with E-state index >= 15 is 0 Å². The molecule has 0 radical (unpaired) electrons. The lowest BCUT2D eigenvalue weighted by Gasteiger charge is -2.17. The van der Waals surface area contributed by atoms with Crippen LogP contribution >= 0.6 is 22.9 Å². The van der Waals surface area contributed by atoms with Crippen LogP contribution in [0.2, 0.25) is 30.8 Å². The number of fused-ring (bicyclic) bond motifs is 2. The van der Waals surface area contributed by atoms with Crippen LogP contribution in [0.1, 0.15) is 5.56 Å². The first kappa shape index (κ1) is 21.1. The molecule has 0 aliphatic heterocycles. The van der Waals surface area contributed by atoms with Crippen molar-refractivity contribution in [3.05, 3.63) is 50.8 Å². The predicted octanol–water partition coefficient (Wildman–Crippen LogP) is 5.34. The Morgan fingerprint density at radius 3 is 2.77 bits per heavy atom. The molecule has 0 aliphatic rings. The second-order valence-electron chi connectivity index (χ2n) is 8.50. The number of aryl methyl sites for hydroxylation is 1. The van der Waals surface area contributed by atoms with Gasteiger partial charge < -0.3 is 4.74 Å². The highest BCUT2D eigenvalue weighted by atomic mass is 35.5. The molecule has 4 aromatic rings. The number of aromatic nitrogens is 4. The number of halogens is 1. The van der Waals surface area contributed by atoms with Gasteiger partial charge in [0.1, 0.15) is 17.6 Å². The Bertz CT molecular complexity index is 1300. The van der Waals surface area contributed by atoms with Crippen molar-refractivity contribution in [1.29, 1.82) is 0 Å². The standard InChI is InChI=1S/C21H23ClN4O2SSi/c1-13-9-17(22)24-19-18(13)25-20(15-10-14-5-7-29-16(14)11-23-15)26(21(19)27)12-28-6-8-30(2,3)4/h5,7,9-11H,6,8,12H2,1-4H3. The fourth-order valence-electron chi connectivity index (χ4n) is 3.15. The van der Waals surface area contributed by atoms with Crippen LogP contribution in [0, 0.1) is 6.92 Å². The van der Waals surface area contributed by atoms with Gasteiger partial charge in [0, 0.05) is 20.9 Å². The zero-order valence-corrected chi connectivity index (χ0v) is 20.0. The minimum absolute atomic E-state index is 0.0954. The number of rotatable bonds is 6. The molecule has 0 unspecified atom stereocenters. The topological polar surface area (TPSA) is 69.9 Å². The van der Waals surface area contributed by atoms with Gasteiger partial charge >= 0.3 is 0 Å². The van der Waals surface area contributed by atoms with E-state index in [1.165, 1.54) is 4.57 Å². The maximum atomic E-state index is 13.3. The van der Waals surface area contributed by atoms with Gasteiger partial charge in [0.25, 0.3) is 5.56 Å². The van der Waals surface area contributed by atoms with Gasteiger partial charge in [0.15, 0.2) is 11.3 Å². The normalized spacial score (nSPS) is 12.2. The van der Waals surface area contributed by atoms with Crippen LogP contribution in [0.3, 0.4) is 0 Å². The monoisotopic (exact) mass is 458 g/mol. The number of hydrogen-bond acceptors (Lipinski definition) is 6. The molecule has 0 amide bonds. The Morgan fingerprint density at radius 2 is 2.00 bits per heavy atom. The number of hydrogen-bond donors (Lipinski definition) is 0. The van der Waals surface area contributed by atoms with Gasteiger partial charge in [0.05, 0.1) is 10.2 Å². The van der Waals surface area contributed by atoms with E-state index in [1.54, 1.807) is 17.4 Å². The Labute approximate surface area is 184 Å². The molecule has 6 nitrogen and oxygen atoms in total. The summed E-state index contributed by atoms with van der Waals surface area (Å²) in [5.74, 6) is 0.473. The summed E-state index contributed by atoms with van der Waals surface area (Å²) in [5, 5.41) is 3.36. The van der Waals surface area contributed by atoms with Gasteiger partial charge in [-0.1, -0.05) is 31.2 Å². The second kappa shape index (κ2) is 8.18. The Hall–Kier alpha value is -2.13. The molecule has 0 saturated heterocycles. The van der Waals surface area contributed by atoms with Crippen molar-refractivity contribution in [2.24, 2.45) is 0 Å². The fraction of sp³-hybridized carbons (Fsp3) is 0.333. The summed E-state index contributed by atoms with van der Waals surface area (Å²) in [6.07, 6.45) is 1.81. The van der Waals surface area contributed by atoms with Crippen LogP contribution in [-0.4, -0.2) is 34.2 Å². The Morgan fingerprint density at radius 1 is 1.20 bits per heavy atom. The lowest BCUT2D eigenvalue weighted by atomic mass is 10.2. The molecule has 0 N–H and O–H groups in total. The summed E-state index contributed by atoms with van der Waals surface area (Å²) in [7, 11) is -1.24. The van der Waals surface area contributed by atoms with E-state index < -0.39 is 8.07 Å². The molecule has 9 heteroatoms. The zero-order valence-electron chi connectivity index (χ0n) is 17.4. The second-order valence-corrected chi connectivity index (χ2v) is 15.5. The van der Waals surface area contributed by atoms with Crippen molar-refractivity contribution in [1.82, 2.24) is 19.5 Å². The van der Waals surface area contributed by atoms with E-state index in [-0.39, 0.29) is 23.0 Å². The van der Waals surface area contributed by atoms with Crippen molar-refractivity contribution in [2.45, 2.75) is 39.3 Å². The SMILES string of the molecule is Cc1cc(Cl)nc2c(=O)n(COCC[Si](C)(C)C)c(-c3cc4ccsc4cn3)nc12. The molecule has 4 aromatic heterocycles. The van der Waals surface area contributed by atoms with Crippen LogP contribution in [0.25, 0.3) is 32.6 Å². The molecule has 0 atom stereocenters. The summed E-state index contributed by atoms with van der Waals surface area (Å²) >= 11 is 7.74. The van der Waals surface area contributed by atoms with Crippen molar-refractivity contribution < 1.29 is 4.74 Å². The van der Waals surface area contributed by atoms with E-state index in [4.69, 9.17) is 21.3 Å². The zero-order chi connectivity index (χ0) is 21.5. The summed E-state index contributed by atoms with van der Waals surface area (Å²) < 4.78 is 8.49. The first-order valence-corrected chi connectivity index (χ1v) is 14.7. The third kappa shape index (κ3) is 4.32. The predicted molar refractivity (Wildman–Crippen MR) is 126 cm³/mol. The van der Waals surface area contributed by atoms with Crippen molar-refractivity contribution in [3.63, 3.8) is 0 Å². The van der Waals surface area contributed by atoms with Crippen LogP contribution in [0.5, 0.6) is 0 Å². The molecule has 0 fully saturated rings. The highest BCUT2D eigenvalue weighted by molar-refractivity contribution is 7.17. The van der Waals surface area contributed by atoms with Gasteiger partial charge in [-0.05, 0) is 47.5 Å². The highest BCUT2D eigenvalue weighted by Crippen LogP contribution is 2.26. The third-order valence-corrected chi connectivity index (χ3v) is 7.62. The van der Waals surface area contributed by atoms with Crippen LogP contribution in [0.4, 0.5) is 0 Å². The minimum atomic E-state index is -1.24. The average Bonchev–Trinajstić information content (AvgIpc) is 3.14. The molecular weight excluding hydrogens is 436 g/mol. The van der Waals surface area contributed by atoms with E-state index in [9.17, 15) is 4.79 Å². The minimum Gasteiger partial charge on any atom is -0.361 e. The first-order chi connectivity index (χ1) is 14.2. The molecule has 0 spiro atoms. The number of pyridine rings is 2. The van der Waals surface area contributed by atoms with Gasteiger partial charge in [-0.25, -0.2) is 9.97 Å². The van der Waals surface area contributed by atoms with Crippen molar-refractivity contribution in [3.8, 4) is 11.5 Å². The first-order valence-electron chi connectivity index (χ1n) is 9.72. The smallest absolute Gasteiger partial charge is 0.282 e. The van der Waals surface area contributed by atoms with E-state index in [0.29, 0.717) is 23.6 Å². The fourth-order valence-corrected chi connectivity index (χ4v) is 4.89. The Kier molecular flexibility index (Phi) is 5.76. The largest absolute Gasteiger partial charge is 0.361 e. The van der Waals surface area contributed by atoms with Gasteiger partial charge in [0.2, 0.25) is 0 Å². The van der Waals surface area contributed by atoms with Crippen LogP contribution < -0.4 is 5.56 Å². The molecule has 4 heterocycles. The van der Waals surface area contributed by atoms with E-state index in [2.05, 4.69) is 29.6 Å². The van der Waals surface area contributed by atoms with Gasteiger partial charge in [-0.15, -0.1) is 11.3 Å². The third-order valence-electron chi connectivity index (χ3n) is 4.86.